The maximum absolute atomic E-state index is 6.06. The molecule has 5 heteroatoms. The number of benzene rings is 3. The summed E-state index contributed by atoms with van der Waals surface area (Å²) >= 11 is 7.69. The molecular formula is C22H18ClN3S. The highest BCUT2D eigenvalue weighted by atomic mass is 35.5. The van der Waals surface area contributed by atoms with Gasteiger partial charge in [0.15, 0.2) is 5.13 Å². The number of anilines is 3. The van der Waals surface area contributed by atoms with Gasteiger partial charge in [0.25, 0.3) is 0 Å². The van der Waals surface area contributed by atoms with E-state index in [1.165, 1.54) is 5.56 Å². The molecule has 0 saturated carbocycles. The average molecular weight is 392 g/mol. The van der Waals surface area contributed by atoms with Gasteiger partial charge in [-0.25, -0.2) is 4.98 Å². The highest BCUT2D eigenvalue weighted by Gasteiger charge is 2.15. The predicted octanol–water partition coefficient (Wildman–Crippen LogP) is 6.76. The van der Waals surface area contributed by atoms with Crippen molar-refractivity contribution in [2.75, 3.05) is 11.1 Å². The van der Waals surface area contributed by atoms with Crippen LogP contribution in [0.5, 0.6) is 0 Å². The highest BCUT2D eigenvalue weighted by Crippen LogP contribution is 2.40. The van der Waals surface area contributed by atoms with Crippen molar-refractivity contribution in [3.63, 3.8) is 0 Å². The smallest absolute Gasteiger partial charge is 0.188 e. The number of nitrogen functional groups attached to an aromatic ring is 1. The molecule has 0 spiro atoms. The summed E-state index contributed by atoms with van der Waals surface area (Å²) in [6.07, 6.45) is 0. The predicted molar refractivity (Wildman–Crippen MR) is 117 cm³/mol. The molecule has 3 nitrogen and oxygen atoms in total. The maximum atomic E-state index is 6.06. The summed E-state index contributed by atoms with van der Waals surface area (Å²) < 4.78 is 0. The second-order valence-electron chi connectivity index (χ2n) is 6.32. The summed E-state index contributed by atoms with van der Waals surface area (Å²) in [5, 5.41) is 4.93. The van der Waals surface area contributed by atoms with E-state index in [0.29, 0.717) is 5.02 Å². The number of nitrogens with two attached hydrogens (primary N) is 1. The summed E-state index contributed by atoms with van der Waals surface area (Å²) in [5.74, 6) is 0. The number of aromatic nitrogens is 1. The minimum Gasteiger partial charge on any atom is -0.399 e. The Bertz CT molecular complexity index is 989. The molecule has 4 aromatic rings. The summed E-state index contributed by atoms with van der Waals surface area (Å²) in [6, 6.07) is 23.9. The lowest BCUT2D eigenvalue weighted by Gasteiger charge is -2.03. The van der Waals surface area contributed by atoms with E-state index in [1.807, 2.05) is 48.5 Å². The third-order valence-corrected chi connectivity index (χ3v) is 5.49. The van der Waals surface area contributed by atoms with Crippen LogP contribution < -0.4 is 11.1 Å². The Kier molecular flexibility index (Phi) is 4.84. The summed E-state index contributed by atoms with van der Waals surface area (Å²) in [5.41, 5.74) is 11.8. The molecule has 0 amide bonds. The van der Waals surface area contributed by atoms with E-state index in [0.717, 1.165) is 38.2 Å². The van der Waals surface area contributed by atoms with Crippen LogP contribution >= 0.6 is 22.9 Å². The normalized spacial score (nSPS) is 10.7. The van der Waals surface area contributed by atoms with Crippen molar-refractivity contribution in [3.05, 3.63) is 83.4 Å². The van der Waals surface area contributed by atoms with Crippen molar-refractivity contribution in [3.8, 4) is 21.7 Å². The molecule has 0 fully saturated rings. The van der Waals surface area contributed by atoms with E-state index in [-0.39, 0.29) is 0 Å². The van der Waals surface area contributed by atoms with Crippen molar-refractivity contribution in [1.82, 2.24) is 4.98 Å². The number of aryl methyl sites for hydroxylation is 1. The Labute approximate surface area is 167 Å². The second kappa shape index (κ2) is 7.43. The van der Waals surface area contributed by atoms with Gasteiger partial charge in [-0.1, -0.05) is 64.9 Å². The molecule has 0 aliphatic heterocycles. The Balaban J connectivity index is 1.77. The van der Waals surface area contributed by atoms with Crippen molar-refractivity contribution in [1.29, 1.82) is 0 Å². The lowest BCUT2D eigenvalue weighted by atomic mass is 10.1. The molecule has 1 aromatic heterocycles. The largest absolute Gasteiger partial charge is 0.399 e. The van der Waals surface area contributed by atoms with Crippen LogP contribution in [0.3, 0.4) is 0 Å². The molecule has 134 valence electrons. The molecule has 0 unspecified atom stereocenters. The van der Waals surface area contributed by atoms with Gasteiger partial charge in [-0.2, -0.15) is 0 Å². The standard InChI is InChI=1S/C22H18ClN3S/c1-14-2-4-16(5-3-14)21-20(15-6-8-17(23)9-7-15)26-22(27-21)25-19-12-10-18(24)11-13-19/h2-13H,24H2,1H3,(H,25,26). The van der Waals surface area contributed by atoms with Gasteiger partial charge in [0.2, 0.25) is 0 Å². The minimum atomic E-state index is 0.714. The molecule has 27 heavy (non-hydrogen) atoms. The number of rotatable bonds is 4. The van der Waals surface area contributed by atoms with Crippen LogP contribution in [0.4, 0.5) is 16.5 Å². The van der Waals surface area contributed by atoms with E-state index in [2.05, 4.69) is 36.5 Å². The molecular weight excluding hydrogens is 374 g/mol. The van der Waals surface area contributed by atoms with Crippen LogP contribution in [0.1, 0.15) is 5.56 Å². The fourth-order valence-corrected chi connectivity index (χ4v) is 3.91. The van der Waals surface area contributed by atoms with Crippen molar-refractivity contribution in [2.45, 2.75) is 6.92 Å². The Hall–Kier alpha value is -2.82. The zero-order valence-electron chi connectivity index (χ0n) is 14.7. The van der Waals surface area contributed by atoms with Crippen LogP contribution in [0, 0.1) is 6.92 Å². The van der Waals surface area contributed by atoms with E-state index in [4.69, 9.17) is 22.3 Å². The molecule has 0 aliphatic rings. The summed E-state index contributed by atoms with van der Waals surface area (Å²) in [4.78, 5) is 5.98. The van der Waals surface area contributed by atoms with Gasteiger partial charge in [-0.05, 0) is 48.9 Å². The fourth-order valence-electron chi connectivity index (χ4n) is 2.77. The zero-order chi connectivity index (χ0) is 18.8. The molecule has 0 bridgehead atoms. The maximum Gasteiger partial charge on any atom is 0.188 e. The quantitative estimate of drug-likeness (QED) is 0.377. The first-order chi connectivity index (χ1) is 13.1. The number of halogens is 1. The number of thiazole rings is 1. The number of hydrogen-bond acceptors (Lipinski definition) is 4. The van der Waals surface area contributed by atoms with Crippen LogP contribution in [-0.4, -0.2) is 4.98 Å². The number of nitrogens with one attached hydrogen (secondary N) is 1. The van der Waals surface area contributed by atoms with E-state index < -0.39 is 0 Å². The zero-order valence-corrected chi connectivity index (χ0v) is 16.3. The topological polar surface area (TPSA) is 50.9 Å². The first-order valence-corrected chi connectivity index (χ1v) is 9.74. The van der Waals surface area contributed by atoms with Crippen molar-refractivity contribution < 1.29 is 0 Å². The van der Waals surface area contributed by atoms with Gasteiger partial charge in [0.1, 0.15) is 0 Å². The fraction of sp³-hybridized carbons (Fsp3) is 0.0455. The molecule has 3 N–H and O–H groups in total. The molecule has 0 aliphatic carbocycles. The van der Waals surface area contributed by atoms with Gasteiger partial charge >= 0.3 is 0 Å². The number of hydrogen-bond donors (Lipinski definition) is 2. The van der Waals surface area contributed by atoms with E-state index in [9.17, 15) is 0 Å². The molecule has 0 atom stereocenters. The van der Waals surface area contributed by atoms with Gasteiger partial charge in [-0.3, -0.25) is 0 Å². The van der Waals surface area contributed by atoms with Gasteiger partial charge in [0.05, 0.1) is 10.6 Å². The van der Waals surface area contributed by atoms with E-state index >= 15 is 0 Å². The van der Waals surface area contributed by atoms with Crippen LogP contribution in [0.2, 0.25) is 5.02 Å². The molecule has 0 radical (unpaired) electrons. The average Bonchev–Trinajstić information content (AvgIpc) is 3.08. The molecule has 1 heterocycles. The van der Waals surface area contributed by atoms with Crippen molar-refractivity contribution >= 4 is 39.4 Å². The molecule has 3 aromatic carbocycles. The summed E-state index contributed by atoms with van der Waals surface area (Å²) in [6.45, 7) is 2.09. The first-order valence-electron chi connectivity index (χ1n) is 8.55. The molecule has 4 rings (SSSR count). The van der Waals surface area contributed by atoms with Crippen LogP contribution in [-0.2, 0) is 0 Å². The number of nitrogens with zero attached hydrogens (tertiary/aromatic N) is 1. The van der Waals surface area contributed by atoms with E-state index in [1.54, 1.807) is 11.3 Å². The van der Waals surface area contributed by atoms with Crippen LogP contribution in [0.15, 0.2) is 72.8 Å². The third-order valence-electron chi connectivity index (χ3n) is 4.22. The highest BCUT2D eigenvalue weighted by molar-refractivity contribution is 7.19. The molecule has 0 saturated heterocycles. The third kappa shape index (κ3) is 3.97. The van der Waals surface area contributed by atoms with Gasteiger partial charge < -0.3 is 11.1 Å². The lowest BCUT2D eigenvalue weighted by molar-refractivity contribution is 1.38. The van der Waals surface area contributed by atoms with Crippen molar-refractivity contribution in [2.24, 2.45) is 0 Å². The second-order valence-corrected chi connectivity index (χ2v) is 7.75. The first kappa shape index (κ1) is 17.6. The Morgan fingerprint density at radius 1 is 0.852 bits per heavy atom. The Morgan fingerprint density at radius 3 is 2.15 bits per heavy atom. The monoisotopic (exact) mass is 391 g/mol. The minimum absolute atomic E-state index is 0.714. The van der Waals surface area contributed by atoms with Gasteiger partial charge in [-0.15, -0.1) is 0 Å². The summed E-state index contributed by atoms with van der Waals surface area (Å²) in [7, 11) is 0. The SMILES string of the molecule is Cc1ccc(-c2sc(Nc3ccc(N)cc3)nc2-c2ccc(Cl)cc2)cc1. The Morgan fingerprint density at radius 2 is 1.48 bits per heavy atom. The van der Waals surface area contributed by atoms with Gasteiger partial charge in [0, 0.05) is 22.0 Å². The van der Waals surface area contributed by atoms with Crippen LogP contribution in [0.25, 0.3) is 21.7 Å². The lowest BCUT2D eigenvalue weighted by Crippen LogP contribution is -1.90.